The predicted molar refractivity (Wildman–Crippen MR) is 84.9 cm³/mol. The van der Waals surface area contributed by atoms with E-state index >= 15 is 0 Å². The summed E-state index contributed by atoms with van der Waals surface area (Å²) in [6, 6.07) is 11.0. The zero-order chi connectivity index (χ0) is 14.8. The Kier molecular flexibility index (Phi) is 4.29. The molecule has 2 aliphatic rings. The number of likely N-dealkylation sites (N-methyl/N-ethyl adjacent to an activating group) is 1. The third kappa shape index (κ3) is 2.98. The molecule has 0 radical (unpaired) electrons. The molecule has 1 saturated heterocycles. The molecule has 1 aliphatic carbocycles. The van der Waals surface area contributed by atoms with Crippen LogP contribution >= 0.6 is 0 Å². The van der Waals surface area contributed by atoms with Gasteiger partial charge >= 0.3 is 0 Å². The average molecular weight is 286 g/mol. The first-order chi connectivity index (χ1) is 10.2. The highest BCUT2D eigenvalue weighted by Crippen LogP contribution is 2.34. The van der Waals surface area contributed by atoms with Crippen molar-refractivity contribution in [2.75, 3.05) is 7.05 Å². The Morgan fingerprint density at radius 2 is 1.95 bits per heavy atom. The second kappa shape index (κ2) is 6.18. The van der Waals surface area contributed by atoms with Gasteiger partial charge in [0, 0.05) is 13.1 Å². The molecule has 21 heavy (non-hydrogen) atoms. The summed E-state index contributed by atoms with van der Waals surface area (Å²) in [5, 5.41) is 3.59. The molecule has 1 saturated carbocycles. The van der Waals surface area contributed by atoms with Crippen molar-refractivity contribution in [1.82, 2.24) is 10.2 Å². The van der Waals surface area contributed by atoms with Gasteiger partial charge in [-0.25, -0.2) is 0 Å². The van der Waals surface area contributed by atoms with E-state index in [1.165, 1.54) is 31.2 Å². The van der Waals surface area contributed by atoms with Gasteiger partial charge in [-0.3, -0.25) is 4.79 Å². The Labute approximate surface area is 127 Å². The van der Waals surface area contributed by atoms with E-state index in [2.05, 4.69) is 24.4 Å². The van der Waals surface area contributed by atoms with Gasteiger partial charge in [0.15, 0.2) is 0 Å². The highest BCUT2D eigenvalue weighted by molar-refractivity contribution is 5.82. The first-order valence-electron chi connectivity index (χ1n) is 8.24. The smallest absolute Gasteiger partial charge is 0.239 e. The van der Waals surface area contributed by atoms with E-state index in [9.17, 15) is 4.79 Å². The van der Waals surface area contributed by atoms with Gasteiger partial charge in [-0.15, -0.1) is 0 Å². The fourth-order valence-corrected chi connectivity index (χ4v) is 3.90. The highest BCUT2D eigenvalue weighted by Gasteiger charge is 2.39. The number of nitrogens with zero attached hydrogens (tertiary/aromatic N) is 1. The average Bonchev–Trinajstić information content (AvgIpc) is 2.97. The van der Waals surface area contributed by atoms with Crippen LogP contribution in [0.15, 0.2) is 30.3 Å². The Bertz CT molecular complexity index is 473. The molecule has 1 amide bonds. The van der Waals surface area contributed by atoms with Crippen molar-refractivity contribution in [3.05, 3.63) is 35.9 Å². The monoisotopic (exact) mass is 286 g/mol. The van der Waals surface area contributed by atoms with E-state index in [0.29, 0.717) is 12.0 Å². The Balaban J connectivity index is 1.65. The minimum Gasteiger partial charge on any atom is -0.338 e. The van der Waals surface area contributed by atoms with Gasteiger partial charge in [0.1, 0.15) is 0 Å². The molecule has 0 bridgehead atoms. The van der Waals surface area contributed by atoms with E-state index in [0.717, 1.165) is 6.42 Å². The number of benzene rings is 1. The molecule has 0 spiro atoms. The van der Waals surface area contributed by atoms with Crippen molar-refractivity contribution in [3.8, 4) is 0 Å². The van der Waals surface area contributed by atoms with Crippen molar-refractivity contribution >= 4 is 5.91 Å². The third-order valence-corrected chi connectivity index (χ3v) is 5.37. The van der Waals surface area contributed by atoms with E-state index < -0.39 is 0 Å². The summed E-state index contributed by atoms with van der Waals surface area (Å²) in [5.41, 5.74) is 1.20. The molecule has 2 fully saturated rings. The summed E-state index contributed by atoms with van der Waals surface area (Å²) in [7, 11) is 1.93. The van der Waals surface area contributed by atoms with Crippen LogP contribution in [0.4, 0.5) is 0 Å². The van der Waals surface area contributed by atoms with Gasteiger partial charge in [0.05, 0.1) is 12.1 Å². The highest BCUT2D eigenvalue weighted by atomic mass is 16.2. The van der Waals surface area contributed by atoms with Crippen LogP contribution in [0.1, 0.15) is 50.6 Å². The van der Waals surface area contributed by atoms with E-state index in [1.54, 1.807) is 0 Å². The lowest BCUT2D eigenvalue weighted by atomic mass is 9.85. The summed E-state index contributed by atoms with van der Waals surface area (Å²) >= 11 is 0. The normalized spacial score (nSPS) is 29.7. The number of amides is 1. The SMILES string of the molecule is CC(c1ccccc1)N(C)C(=O)C1CC2CCCCC2N1. The Hall–Kier alpha value is -1.35. The molecule has 3 heteroatoms. The lowest BCUT2D eigenvalue weighted by molar-refractivity contribution is -0.133. The maximum atomic E-state index is 12.8. The summed E-state index contributed by atoms with van der Waals surface area (Å²) in [6.07, 6.45) is 6.20. The molecular weight excluding hydrogens is 260 g/mol. The maximum Gasteiger partial charge on any atom is 0.239 e. The van der Waals surface area contributed by atoms with Crippen LogP contribution in [0.3, 0.4) is 0 Å². The second-order valence-electron chi connectivity index (χ2n) is 6.64. The Morgan fingerprint density at radius 3 is 2.67 bits per heavy atom. The molecule has 4 atom stereocenters. The van der Waals surface area contributed by atoms with E-state index in [-0.39, 0.29) is 18.0 Å². The van der Waals surface area contributed by atoms with Crippen molar-refractivity contribution < 1.29 is 4.79 Å². The fourth-order valence-electron chi connectivity index (χ4n) is 3.90. The minimum absolute atomic E-state index is 0.0225. The molecule has 1 heterocycles. The number of carbonyl (C=O) groups excluding carboxylic acids is 1. The first-order valence-corrected chi connectivity index (χ1v) is 8.24. The minimum atomic E-state index is 0.0225. The van der Waals surface area contributed by atoms with Gasteiger partial charge in [0.25, 0.3) is 0 Å². The zero-order valence-electron chi connectivity index (χ0n) is 13.1. The number of hydrogen-bond donors (Lipinski definition) is 1. The van der Waals surface area contributed by atoms with Crippen LogP contribution < -0.4 is 5.32 Å². The first kappa shape index (κ1) is 14.6. The zero-order valence-corrected chi connectivity index (χ0v) is 13.1. The Morgan fingerprint density at radius 1 is 1.24 bits per heavy atom. The molecule has 0 aromatic heterocycles. The molecule has 1 N–H and O–H groups in total. The van der Waals surface area contributed by atoms with Gasteiger partial charge in [-0.05, 0) is 37.7 Å². The molecular formula is C18H26N2O. The maximum absolute atomic E-state index is 12.8. The van der Waals surface area contributed by atoms with Gasteiger partial charge in [-0.2, -0.15) is 0 Å². The lowest BCUT2D eigenvalue weighted by Crippen LogP contribution is -2.44. The molecule has 3 rings (SSSR count). The molecule has 114 valence electrons. The molecule has 1 aromatic carbocycles. The molecule has 4 unspecified atom stereocenters. The topological polar surface area (TPSA) is 32.3 Å². The summed E-state index contributed by atoms with van der Waals surface area (Å²) in [6.45, 7) is 2.11. The van der Waals surface area contributed by atoms with Crippen LogP contribution in [0.25, 0.3) is 0 Å². The molecule has 1 aliphatic heterocycles. The number of nitrogens with one attached hydrogen (secondary N) is 1. The van der Waals surface area contributed by atoms with Gasteiger partial charge in [0.2, 0.25) is 5.91 Å². The number of fused-ring (bicyclic) bond motifs is 1. The summed E-state index contributed by atoms with van der Waals surface area (Å²) < 4.78 is 0. The fraction of sp³-hybridized carbons (Fsp3) is 0.611. The van der Waals surface area contributed by atoms with Crippen LogP contribution in [-0.4, -0.2) is 29.9 Å². The van der Waals surface area contributed by atoms with Crippen LogP contribution in [0.5, 0.6) is 0 Å². The third-order valence-electron chi connectivity index (χ3n) is 5.37. The number of rotatable bonds is 3. The van der Waals surface area contributed by atoms with Crippen molar-refractivity contribution in [1.29, 1.82) is 0 Å². The number of carbonyl (C=O) groups is 1. The number of hydrogen-bond acceptors (Lipinski definition) is 2. The predicted octanol–water partition coefficient (Wildman–Crippen LogP) is 3.13. The van der Waals surface area contributed by atoms with Gasteiger partial charge in [-0.1, -0.05) is 43.2 Å². The quantitative estimate of drug-likeness (QED) is 0.926. The lowest BCUT2D eigenvalue weighted by Gasteiger charge is -2.28. The molecule has 1 aromatic rings. The van der Waals surface area contributed by atoms with Crippen molar-refractivity contribution in [2.24, 2.45) is 5.92 Å². The summed E-state index contributed by atoms with van der Waals surface area (Å²) in [4.78, 5) is 14.7. The van der Waals surface area contributed by atoms with E-state index in [1.807, 2.05) is 30.1 Å². The van der Waals surface area contributed by atoms with Crippen LogP contribution in [-0.2, 0) is 4.79 Å². The summed E-state index contributed by atoms with van der Waals surface area (Å²) in [5.74, 6) is 0.967. The van der Waals surface area contributed by atoms with Crippen molar-refractivity contribution in [2.45, 2.75) is 57.2 Å². The van der Waals surface area contributed by atoms with Crippen LogP contribution in [0, 0.1) is 5.92 Å². The van der Waals surface area contributed by atoms with Crippen molar-refractivity contribution in [3.63, 3.8) is 0 Å². The van der Waals surface area contributed by atoms with Gasteiger partial charge < -0.3 is 10.2 Å². The van der Waals surface area contributed by atoms with E-state index in [4.69, 9.17) is 0 Å². The standard InChI is InChI=1S/C18H26N2O/c1-13(14-8-4-3-5-9-14)20(2)18(21)17-12-15-10-6-7-11-16(15)19-17/h3-5,8-9,13,15-17,19H,6-7,10-12H2,1-2H3. The largest absolute Gasteiger partial charge is 0.338 e. The molecule has 3 nitrogen and oxygen atoms in total. The van der Waals surface area contributed by atoms with Crippen LogP contribution in [0.2, 0.25) is 0 Å². The second-order valence-corrected chi connectivity index (χ2v) is 6.64.